The Bertz CT molecular complexity index is 1550. The molecule has 0 spiro atoms. The van der Waals surface area contributed by atoms with Crippen molar-refractivity contribution in [2.75, 3.05) is 13.7 Å². The smallest absolute Gasteiger partial charge is 0.375 e. The van der Waals surface area contributed by atoms with Crippen LogP contribution in [0.15, 0.2) is 94.8 Å². The minimum absolute atomic E-state index is 0.00362. The summed E-state index contributed by atoms with van der Waals surface area (Å²) < 4.78 is 16.6. The number of allylic oxidation sites excluding steroid dienone is 7. The Kier molecular flexibility index (Phi) is 13.0. The second-order valence-corrected chi connectivity index (χ2v) is 12.4. The maximum atomic E-state index is 13.4. The highest BCUT2D eigenvalue weighted by Crippen LogP contribution is 2.43. The molecule has 0 saturated heterocycles. The molecule has 2 N–H and O–H groups in total. The number of ether oxygens (including phenoxy) is 3. The van der Waals surface area contributed by atoms with Gasteiger partial charge in [-0.3, -0.25) is 0 Å². The molecule has 246 valence electrons. The number of hydrogen-bond acceptors (Lipinski definition) is 7. The van der Waals surface area contributed by atoms with Crippen LogP contribution in [0.4, 0.5) is 0 Å². The third-order valence-corrected chi connectivity index (χ3v) is 7.90. The van der Waals surface area contributed by atoms with E-state index in [-0.39, 0.29) is 17.7 Å². The molecule has 46 heavy (non-hydrogen) atoms. The molecule has 0 aliphatic carbocycles. The molecule has 1 aliphatic heterocycles. The number of hydrogen-bond donors (Lipinski definition) is 2. The number of cyclic esters (lactones) is 1. The molecule has 3 rings (SSSR count). The Hall–Kier alpha value is -4.52. The molecule has 7 heteroatoms. The van der Waals surface area contributed by atoms with E-state index in [4.69, 9.17) is 14.2 Å². The first-order valence-corrected chi connectivity index (χ1v) is 15.7. The highest BCUT2D eigenvalue weighted by atomic mass is 16.6. The summed E-state index contributed by atoms with van der Waals surface area (Å²) in [6, 6.07) is 11.9. The van der Waals surface area contributed by atoms with Gasteiger partial charge in [0.15, 0.2) is 0 Å². The van der Waals surface area contributed by atoms with E-state index in [1.54, 1.807) is 36.4 Å². The summed E-state index contributed by atoms with van der Waals surface area (Å²) in [7, 11) is 1.21. The number of carbonyl (C=O) groups is 2. The van der Waals surface area contributed by atoms with Crippen molar-refractivity contribution in [2.45, 2.75) is 85.7 Å². The highest BCUT2D eigenvalue weighted by Gasteiger charge is 2.55. The van der Waals surface area contributed by atoms with Crippen molar-refractivity contribution in [3.63, 3.8) is 0 Å². The largest absolute Gasteiger partial charge is 0.508 e. The first-order valence-electron chi connectivity index (χ1n) is 15.7. The lowest BCUT2D eigenvalue weighted by molar-refractivity contribution is -0.169. The van der Waals surface area contributed by atoms with Gasteiger partial charge < -0.3 is 24.4 Å². The third kappa shape index (κ3) is 9.74. The number of aliphatic hydroxyl groups is 1. The third-order valence-electron chi connectivity index (χ3n) is 7.90. The minimum atomic E-state index is -1.92. The fourth-order valence-corrected chi connectivity index (χ4v) is 5.27. The minimum Gasteiger partial charge on any atom is -0.508 e. The van der Waals surface area contributed by atoms with Crippen molar-refractivity contribution in [1.82, 2.24) is 0 Å². The molecule has 0 unspecified atom stereocenters. The lowest BCUT2D eigenvalue weighted by atomic mass is 9.82. The van der Waals surface area contributed by atoms with Gasteiger partial charge in [-0.2, -0.15) is 0 Å². The number of aliphatic hydroxyl groups excluding tert-OH is 1. The number of benzene rings is 2. The Morgan fingerprint density at radius 2 is 1.46 bits per heavy atom. The fourth-order valence-electron chi connectivity index (χ4n) is 5.27. The van der Waals surface area contributed by atoms with Gasteiger partial charge in [0.05, 0.1) is 12.7 Å². The van der Waals surface area contributed by atoms with Crippen LogP contribution in [0, 0.1) is 0 Å². The molecule has 0 amide bonds. The summed E-state index contributed by atoms with van der Waals surface area (Å²) in [4.78, 5) is 26.2. The molecule has 1 aliphatic rings. The molecule has 7 nitrogen and oxygen atoms in total. The average molecular weight is 629 g/mol. The first kappa shape index (κ1) is 36.0. The molecule has 1 heterocycles. The number of esters is 2. The summed E-state index contributed by atoms with van der Waals surface area (Å²) in [5.41, 5.74) is 4.70. The summed E-state index contributed by atoms with van der Waals surface area (Å²) in [6.45, 7) is 12.9. The number of phenolic OH excluding ortho intramolecular Hbond substituents is 1. The van der Waals surface area contributed by atoms with Gasteiger partial charge in [-0.25, -0.2) is 9.59 Å². The first-order chi connectivity index (χ1) is 21.9. The van der Waals surface area contributed by atoms with Crippen LogP contribution in [0.25, 0.3) is 5.57 Å². The summed E-state index contributed by atoms with van der Waals surface area (Å²) in [6.07, 6.45) is 12.6. The molecular formula is C39H48O7. The van der Waals surface area contributed by atoms with Crippen LogP contribution in [-0.2, 0) is 31.9 Å². The Labute approximate surface area is 273 Å². The summed E-state index contributed by atoms with van der Waals surface area (Å²) in [5.74, 6) is -1.78. The van der Waals surface area contributed by atoms with E-state index >= 15 is 0 Å². The number of phenols is 1. The highest BCUT2D eigenvalue weighted by molar-refractivity contribution is 6.11. The van der Waals surface area contributed by atoms with Crippen LogP contribution in [0.2, 0.25) is 0 Å². The van der Waals surface area contributed by atoms with Crippen molar-refractivity contribution in [2.24, 2.45) is 0 Å². The maximum absolute atomic E-state index is 13.4. The van der Waals surface area contributed by atoms with Crippen LogP contribution in [0.5, 0.6) is 11.5 Å². The fraction of sp³-hybridized carbons (Fsp3) is 0.385. The SMILES string of the molecule is COC(=O)[C@]1(Cc2ccc(OC/C=C(\C)CCC=C(C)C)cc2)OC(=O)C(O)=C1c1ccc(O)c(C/C=C(\C)CCC=C(C)C)c1. The second kappa shape index (κ2) is 16.7. The Morgan fingerprint density at radius 3 is 2.04 bits per heavy atom. The van der Waals surface area contributed by atoms with Gasteiger partial charge in [-0.05, 0) is 121 Å². The van der Waals surface area contributed by atoms with Crippen LogP contribution < -0.4 is 4.74 Å². The van der Waals surface area contributed by atoms with Gasteiger partial charge in [0.1, 0.15) is 18.1 Å². The van der Waals surface area contributed by atoms with E-state index in [0.717, 1.165) is 25.7 Å². The van der Waals surface area contributed by atoms with E-state index in [2.05, 4.69) is 52.8 Å². The molecule has 0 aromatic heterocycles. The zero-order valence-corrected chi connectivity index (χ0v) is 28.2. The molecule has 2 aromatic carbocycles. The van der Waals surface area contributed by atoms with Crippen LogP contribution >= 0.6 is 0 Å². The van der Waals surface area contributed by atoms with Gasteiger partial charge in [-0.15, -0.1) is 0 Å². The predicted octanol–water partition coefficient (Wildman–Crippen LogP) is 8.68. The molecule has 0 fully saturated rings. The van der Waals surface area contributed by atoms with E-state index in [1.807, 2.05) is 13.0 Å². The number of carbonyl (C=O) groups excluding carboxylic acids is 2. The van der Waals surface area contributed by atoms with Crippen LogP contribution in [0.3, 0.4) is 0 Å². The van der Waals surface area contributed by atoms with E-state index < -0.39 is 23.3 Å². The average Bonchev–Trinajstić information content (AvgIpc) is 3.26. The van der Waals surface area contributed by atoms with E-state index in [9.17, 15) is 19.8 Å². The quantitative estimate of drug-likeness (QED) is 0.150. The Balaban J connectivity index is 1.84. The van der Waals surface area contributed by atoms with Gasteiger partial charge in [0, 0.05) is 6.42 Å². The molecule has 2 aromatic rings. The number of aromatic hydroxyl groups is 1. The van der Waals surface area contributed by atoms with Crippen molar-refractivity contribution >= 4 is 17.5 Å². The lowest BCUT2D eigenvalue weighted by Gasteiger charge is -2.28. The van der Waals surface area contributed by atoms with Gasteiger partial charge in [-0.1, -0.05) is 58.7 Å². The van der Waals surface area contributed by atoms with Crippen molar-refractivity contribution in [3.05, 3.63) is 112 Å². The van der Waals surface area contributed by atoms with Crippen LogP contribution in [-0.4, -0.2) is 41.5 Å². The Morgan fingerprint density at radius 1 is 0.848 bits per heavy atom. The molecule has 1 atom stereocenters. The van der Waals surface area contributed by atoms with Crippen molar-refractivity contribution in [3.8, 4) is 11.5 Å². The summed E-state index contributed by atoms with van der Waals surface area (Å²) in [5, 5.41) is 21.6. The lowest BCUT2D eigenvalue weighted by Crippen LogP contribution is -2.44. The van der Waals surface area contributed by atoms with Gasteiger partial charge in [0.25, 0.3) is 0 Å². The topological polar surface area (TPSA) is 102 Å². The molecule has 0 bridgehead atoms. The van der Waals surface area contributed by atoms with Crippen molar-refractivity contribution < 1.29 is 34.0 Å². The van der Waals surface area contributed by atoms with E-state index in [1.165, 1.54) is 35.5 Å². The molecule has 0 saturated carbocycles. The van der Waals surface area contributed by atoms with Crippen LogP contribution in [0.1, 0.15) is 83.9 Å². The normalized spacial score (nSPS) is 16.6. The standard InChI is InChI=1S/C39H48O7/c1-26(2)10-8-12-28(5)14-17-31-24-32(18-21-34(31)40)35-36(41)37(42)46-39(35,38(43)44-7)25-30-15-19-33(20-16-30)45-23-22-29(6)13-9-11-27(3)4/h10-11,14-16,18-22,24,40-41H,8-9,12-13,17,23,25H2,1-7H3/b28-14+,29-22+/t39-/m1/s1. The zero-order valence-electron chi connectivity index (χ0n) is 28.2. The number of methoxy groups -OCH3 is 1. The van der Waals surface area contributed by atoms with E-state index in [0.29, 0.717) is 35.5 Å². The maximum Gasteiger partial charge on any atom is 0.375 e. The van der Waals surface area contributed by atoms with Crippen molar-refractivity contribution in [1.29, 1.82) is 0 Å². The van der Waals surface area contributed by atoms with Gasteiger partial charge >= 0.3 is 11.9 Å². The second-order valence-electron chi connectivity index (χ2n) is 12.4. The predicted molar refractivity (Wildman–Crippen MR) is 183 cm³/mol. The zero-order chi connectivity index (χ0) is 33.9. The van der Waals surface area contributed by atoms with Gasteiger partial charge in [0.2, 0.25) is 11.4 Å². The molecule has 0 radical (unpaired) electrons. The monoisotopic (exact) mass is 628 g/mol. The number of rotatable bonds is 15. The summed E-state index contributed by atoms with van der Waals surface area (Å²) >= 11 is 0. The molecular weight excluding hydrogens is 580 g/mol.